The number of hydrogen-bond donors (Lipinski definition) is 2. The lowest BCUT2D eigenvalue weighted by Crippen LogP contribution is -2.36. The average Bonchev–Trinajstić information content (AvgIpc) is 3.26. The van der Waals surface area contributed by atoms with Gasteiger partial charge in [-0.2, -0.15) is 0 Å². The lowest BCUT2D eigenvalue weighted by atomic mass is 10.1. The van der Waals surface area contributed by atoms with E-state index in [9.17, 15) is 14.0 Å². The fourth-order valence-electron chi connectivity index (χ4n) is 2.40. The zero-order chi connectivity index (χ0) is 15.0. The molecule has 7 heteroatoms. The standard InChI is InChI=1S/C14H14FNO5/c15-10-3-8(11-9(4-10)6-20-7-21-11)5-16-12(17)14(1-2-14)13(18)19/h3-4H,1-2,5-7H2,(H,16,17)(H,18,19). The predicted octanol–water partition coefficient (Wildman–Crippen LogP) is 1.17. The molecule has 1 heterocycles. The molecule has 0 radical (unpaired) electrons. The van der Waals surface area contributed by atoms with Crippen molar-refractivity contribution in [1.82, 2.24) is 5.32 Å². The maximum absolute atomic E-state index is 13.5. The molecule has 0 atom stereocenters. The van der Waals surface area contributed by atoms with Crippen LogP contribution < -0.4 is 10.1 Å². The molecule has 1 aromatic carbocycles. The molecule has 0 bridgehead atoms. The van der Waals surface area contributed by atoms with Gasteiger partial charge in [0.15, 0.2) is 6.79 Å². The monoisotopic (exact) mass is 295 g/mol. The third kappa shape index (κ3) is 2.44. The Bertz CT molecular complexity index is 612. The van der Waals surface area contributed by atoms with Crippen LogP contribution in [0.4, 0.5) is 4.39 Å². The first-order valence-corrected chi connectivity index (χ1v) is 6.56. The maximum atomic E-state index is 13.5. The summed E-state index contributed by atoms with van der Waals surface area (Å²) < 4.78 is 23.9. The second-order valence-electron chi connectivity index (χ2n) is 5.23. The van der Waals surface area contributed by atoms with Gasteiger partial charge in [0.25, 0.3) is 0 Å². The zero-order valence-corrected chi connectivity index (χ0v) is 11.1. The summed E-state index contributed by atoms with van der Waals surface area (Å²) >= 11 is 0. The third-order valence-corrected chi connectivity index (χ3v) is 3.79. The SMILES string of the molecule is O=C(O)C1(C(=O)NCc2cc(F)cc3c2OCOC3)CC1. The number of carboxylic acid groups (broad SMARTS) is 1. The van der Waals surface area contributed by atoms with E-state index in [1.165, 1.54) is 12.1 Å². The lowest BCUT2D eigenvalue weighted by molar-refractivity contribution is -0.149. The van der Waals surface area contributed by atoms with Crippen molar-refractivity contribution in [2.45, 2.75) is 26.0 Å². The Kier molecular flexibility index (Phi) is 3.29. The van der Waals surface area contributed by atoms with E-state index in [2.05, 4.69) is 5.32 Å². The van der Waals surface area contributed by atoms with Crippen LogP contribution in [0.2, 0.25) is 0 Å². The molecule has 2 N–H and O–H groups in total. The van der Waals surface area contributed by atoms with Crippen molar-refractivity contribution in [1.29, 1.82) is 0 Å². The molecule has 1 saturated carbocycles. The van der Waals surface area contributed by atoms with E-state index >= 15 is 0 Å². The number of rotatable bonds is 4. The fourth-order valence-corrected chi connectivity index (χ4v) is 2.40. The first kappa shape index (κ1) is 13.8. The molecular weight excluding hydrogens is 281 g/mol. The van der Waals surface area contributed by atoms with Crippen LogP contribution in [-0.4, -0.2) is 23.8 Å². The van der Waals surface area contributed by atoms with Gasteiger partial charge in [0, 0.05) is 17.7 Å². The van der Waals surface area contributed by atoms with E-state index in [4.69, 9.17) is 14.6 Å². The second kappa shape index (κ2) is 5.00. The van der Waals surface area contributed by atoms with Crippen LogP contribution in [0.1, 0.15) is 24.0 Å². The Morgan fingerprint density at radius 3 is 2.81 bits per heavy atom. The molecular formula is C14H14FNO5. The summed E-state index contributed by atoms with van der Waals surface area (Å²) in [4.78, 5) is 23.0. The number of fused-ring (bicyclic) bond motifs is 1. The van der Waals surface area contributed by atoms with Crippen molar-refractivity contribution < 1.29 is 28.6 Å². The zero-order valence-electron chi connectivity index (χ0n) is 11.1. The highest BCUT2D eigenvalue weighted by Crippen LogP contribution is 2.46. The number of carbonyl (C=O) groups excluding carboxylic acids is 1. The molecule has 1 aliphatic heterocycles. The van der Waals surface area contributed by atoms with Crippen molar-refractivity contribution in [3.8, 4) is 5.75 Å². The number of carbonyl (C=O) groups is 2. The Morgan fingerprint density at radius 1 is 1.38 bits per heavy atom. The summed E-state index contributed by atoms with van der Waals surface area (Å²) in [7, 11) is 0. The Morgan fingerprint density at radius 2 is 2.14 bits per heavy atom. The van der Waals surface area contributed by atoms with Gasteiger partial charge in [-0.25, -0.2) is 4.39 Å². The topological polar surface area (TPSA) is 84.9 Å². The summed E-state index contributed by atoms with van der Waals surface area (Å²) in [6.07, 6.45) is 0.666. The molecule has 0 spiro atoms. The first-order valence-electron chi connectivity index (χ1n) is 6.56. The number of ether oxygens (including phenoxy) is 2. The normalized spacial score (nSPS) is 18.3. The highest BCUT2D eigenvalue weighted by atomic mass is 19.1. The summed E-state index contributed by atoms with van der Waals surface area (Å²) in [6, 6.07) is 2.59. The second-order valence-corrected chi connectivity index (χ2v) is 5.23. The molecule has 6 nitrogen and oxygen atoms in total. The number of amides is 1. The van der Waals surface area contributed by atoms with Gasteiger partial charge in [0.05, 0.1) is 6.61 Å². The van der Waals surface area contributed by atoms with Crippen molar-refractivity contribution in [2.75, 3.05) is 6.79 Å². The molecule has 2 aliphatic rings. The van der Waals surface area contributed by atoms with Crippen LogP contribution in [0.5, 0.6) is 5.75 Å². The first-order chi connectivity index (χ1) is 10.0. The summed E-state index contributed by atoms with van der Waals surface area (Å²) in [6.45, 7) is 0.333. The largest absolute Gasteiger partial charge is 0.480 e. The van der Waals surface area contributed by atoms with Crippen molar-refractivity contribution >= 4 is 11.9 Å². The Hall–Kier alpha value is -2.15. The van der Waals surface area contributed by atoms with Crippen molar-refractivity contribution in [3.05, 3.63) is 29.1 Å². The molecule has 112 valence electrons. The minimum absolute atomic E-state index is 0.0218. The number of halogens is 1. The summed E-state index contributed by atoms with van der Waals surface area (Å²) in [5.74, 6) is -1.62. The van der Waals surface area contributed by atoms with Gasteiger partial charge in [-0.15, -0.1) is 0 Å². The minimum Gasteiger partial charge on any atom is -0.480 e. The molecule has 0 aromatic heterocycles. The molecule has 3 rings (SSSR count). The Labute approximate surface area is 119 Å². The van der Waals surface area contributed by atoms with Crippen LogP contribution in [-0.2, 0) is 27.5 Å². The number of carboxylic acids is 1. The maximum Gasteiger partial charge on any atom is 0.319 e. The van der Waals surface area contributed by atoms with E-state index in [0.717, 1.165) is 0 Å². The fraction of sp³-hybridized carbons (Fsp3) is 0.429. The van der Waals surface area contributed by atoms with Gasteiger partial charge in [0.2, 0.25) is 5.91 Å². The Balaban J connectivity index is 1.75. The molecule has 0 unspecified atom stereocenters. The predicted molar refractivity (Wildman–Crippen MR) is 67.8 cm³/mol. The van der Waals surface area contributed by atoms with Gasteiger partial charge < -0.3 is 19.9 Å². The number of aliphatic carboxylic acids is 1. The van der Waals surface area contributed by atoms with Crippen LogP contribution in [0.3, 0.4) is 0 Å². The van der Waals surface area contributed by atoms with Gasteiger partial charge in [-0.1, -0.05) is 0 Å². The molecule has 1 aliphatic carbocycles. The highest BCUT2D eigenvalue weighted by Gasteiger charge is 2.56. The molecule has 0 saturated heterocycles. The van der Waals surface area contributed by atoms with Gasteiger partial charge >= 0.3 is 5.97 Å². The number of hydrogen-bond acceptors (Lipinski definition) is 4. The van der Waals surface area contributed by atoms with Crippen LogP contribution >= 0.6 is 0 Å². The minimum atomic E-state index is -1.31. The molecule has 1 amide bonds. The molecule has 1 fully saturated rings. The van der Waals surface area contributed by atoms with E-state index in [1.807, 2.05) is 0 Å². The lowest BCUT2D eigenvalue weighted by Gasteiger charge is -2.21. The van der Waals surface area contributed by atoms with Crippen LogP contribution in [0.25, 0.3) is 0 Å². The van der Waals surface area contributed by atoms with Crippen LogP contribution in [0.15, 0.2) is 12.1 Å². The summed E-state index contributed by atoms with van der Waals surface area (Å²) in [5, 5.41) is 11.6. The smallest absolute Gasteiger partial charge is 0.319 e. The average molecular weight is 295 g/mol. The van der Waals surface area contributed by atoms with Crippen molar-refractivity contribution in [2.24, 2.45) is 5.41 Å². The van der Waals surface area contributed by atoms with Gasteiger partial charge in [-0.3, -0.25) is 9.59 Å². The van der Waals surface area contributed by atoms with E-state index in [-0.39, 0.29) is 19.9 Å². The van der Waals surface area contributed by atoms with Crippen LogP contribution in [0, 0.1) is 11.2 Å². The van der Waals surface area contributed by atoms with Gasteiger partial charge in [-0.05, 0) is 25.0 Å². The highest BCUT2D eigenvalue weighted by molar-refractivity contribution is 6.04. The summed E-state index contributed by atoms with van der Waals surface area (Å²) in [5.41, 5.74) is -0.259. The van der Waals surface area contributed by atoms with Gasteiger partial charge in [0.1, 0.15) is 17.0 Å². The quantitative estimate of drug-likeness (QED) is 0.815. The molecule has 21 heavy (non-hydrogen) atoms. The van der Waals surface area contributed by atoms with Crippen molar-refractivity contribution in [3.63, 3.8) is 0 Å². The molecule has 1 aromatic rings. The van der Waals surface area contributed by atoms with E-state index < -0.39 is 23.1 Å². The third-order valence-electron chi connectivity index (χ3n) is 3.79. The van der Waals surface area contributed by atoms with E-state index in [1.54, 1.807) is 0 Å². The van der Waals surface area contributed by atoms with E-state index in [0.29, 0.717) is 29.7 Å². The number of nitrogens with one attached hydrogen (secondary N) is 1. The number of benzene rings is 1.